The molecule has 122 valence electrons. The lowest BCUT2D eigenvalue weighted by Gasteiger charge is -2.28. The third-order valence-electron chi connectivity index (χ3n) is 4.42. The summed E-state index contributed by atoms with van der Waals surface area (Å²) in [4.78, 5) is 21.1. The molecule has 1 amide bonds. The number of hydrogen-bond acceptors (Lipinski definition) is 4. The fourth-order valence-electron chi connectivity index (χ4n) is 2.59. The summed E-state index contributed by atoms with van der Waals surface area (Å²) in [5.74, 6) is 0.692. The van der Waals surface area contributed by atoms with Gasteiger partial charge in [0.2, 0.25) is 5.91 Å². The van der Waals surface area contributed by atoms with Gasteiger partial charge >= 0.3 is 0 Å². The molecule has 1 heterocycles. The van der Waals surface area contributed by atoms with E-state index in [9.17, 15) is 4.79 Å². The number of nitrogens with one attached hydrogen (secondary N) is 1. The molecule has 1 aromatic carbocycles. The van der Waals surface area contributed by atoms with E-state index in [4.69, 9.17) is 5.73 Å². The summed E-state index contributed by atoms with van der Waals surface area (Å²) < 4.78 is 0. The van der Waals surface area contributed by atoms with E-state index in [-0.39, 0.29) is 5.91 Å². The summed E-state index contributed by atoms with van der Waals surface area (Å²) in [6.45, 7) is 6.19. The van der Waals surface area contributed by atoms with E-state index < -0.39 is 5.41 Å². The maximum Gasteiger partial charge on any atom is 0.231 e. The number of nitrogens with zero attached hydrogens (tertiary/aromatic N) is 2. The number of aromatic nitrogens is 2. The second kappa shape index (κ2) is 7.33. The molecule has 1 aromatic heterocycles. The first-order chi connectivity index (χ1) is 11.0. The van der Waals surface area contributed by atoms with Crippen LogP contribution in [0.15, 0.2) is 36.5 Å². The van der Waals surface area contributed by atoms with E-state index >= 15 is 0 Å². The van der Waals surface area contributed by atoms with Crippen molar-refractivity contribution < 1.29 is 4.79 Å². The van der Waals surface area contributed by atoms with E-state index in [0.29, 0.717) is 6.54 Å². The minimum absolute atomic E-state index is 0.0268. The van der Waals surface area contributed by atoms with E-state index in [1.807, 2.05) is 51.1 Å². The Morgan fingerprint density at radius 3 is 2.61 bits per heavy atom. The molecule has 3 N–H and O–H groups in total. The second-order valence-electron chi connectivity index (χ2n) is 5.72. The lowest BCUT2D eigenvalue weighted by molar-refractivity contribution is -0.125. The van der Waals surface area contributed by atoms with Crippen LogP contribution in [0.1, 0.15) is 32.5 Å². The fraction of sp³-hybridized carbons (Fsp3) is 0.389. The number of carbonyl (C=O) groups excluding carboxylic acids is 1. The summed E-state index contributed by atoms with van der Waals surface area (Å²) in [6.07, 6.45) is 3.17. The average molecular weight is 312 g/mol. The molecule has 0 saturated heterocycles. The van der Waals surface area contributed by atoms with Crippen molar-refractivity contribution in [1.29, 1.82) is 0 Å². The smallest absolute Gasteiger partial charge is 0.231 e. The number of hydrogen-bond donors (Lipinski definition) is 2. The van der Waals surface area contributed by atoms with Crippen molar-refractivity contribution in [2.45, 2.75) is 33.6 Å². The van der Waals surface area contributed by atoms with Gasteiger partial charge in [-0.15, -0.1) is 0 Å². The summed E-state index contributed by atoms with van der Waals surface area (Å²) in [7, 11) is 0. The Balaban J connectivity index is 2.25. The normalized spacial score (nSPS) is 11.3. The first-order valence-corrected chi connectivity index (χ1v) is 7.96. The highest BCUT2D eigenvalue weighted by Gasteiger charge is 2.33. The predicted octanol–water partition coefficient (Wildman–Crippen LogP) is 3.16. The van der Waals surface area contributed by atoms with Gasteiger partial charge < -0.3 is 11.1 Å². The molecular weight excluding hydrogens is 288 g/mol. The Hall–Kier alpha value is -2.27. The van der Waals surface area contributed by atoms with Gasteiger partial charge in [0.1, 0.15) is 5.82 Å². The van der Waals surface area contributed by atoms with Crippen LogP contribution in [0.4, 0.5) is 5.69 Å². The molecule has 5 nitrogen and oxygen atoms in total. The topological polar surface area (TPSA) is 80.9 Å². The quantitative estimate of drug-likeness (QED) is 0.858. The molecule has 0 unspecified atom stereocenters. The maximum absolute atomic E-state index is 12.6. The van der Waals surface area contributed by atoms with Crippen molar-refractivity contribution in [2.24, 2.45) is 11.1 Å². The third kappa shape index (κ3) is 3.74. The molecule has 0 aliphatic rings. The molecule has 0 radical (unpaired) electrons. The van der Waals surface area contributed by atoms with Gasteiger partial charge in [-0.05, 0) is 38.0 Å². The standard InChI is InChI=1S/C18H24N4O/c1-4-18(5-2,12-19)17(23)22-15-8-6-7-14(11-15)16-9-10-20-13(3)21-16/h6-11H,4-5,12,19H2,1-3H3,(H,22,23). The molecule has 5 heteroatoms. The zero-order valence-electron chi connectivity index (χ0n) is 14.0. The van der Waals surface area contributed by atoms with E-state index in [1.54, 1.807) is 6.20 Å². The summed E-state index contributed by atoms with van der Waals surface area (Å²) in [5.41, 5.74) is 7.87. The Morgan fingerprint density at radius 1 is 1.26 bits per heavy atom. The van der Waals surface area contributed by atoms with Crippen LogP contribution >= 0.6 is 0 Å². The van der Waals surface area contributed by atoms with Crippen LogP contribution in [0.25, 0.3) is 11.3 Å². The number of carbonyl (C=O) groups is 1. The fourth-order valence-corrected chi connectivity index (χ4v) is 2.59. The Bertz CT molecular complexity index is 672. The SMILES string of the molecule is CCC(CC)(CN)C(=O)Nc1cccc(-c2ccnc(C)n2)c1. The molecule has 0 atom stereocenters. The maximum atomic E-state index is 12.6. The monoisotopic (exact) mass is 312 g/mol. The molecule has 2 rings (SSSR count). The van der Waals surface area contributed by atoms with Gasteiger partial charge in [-0.2, -0.15) is 0 Å². The average Bonchev–Trinajstić information content (AvgIpc) is 2.57. The first kappa shape index (κ1) is 17.1. The number of benzene rings is 1. The van der Waals surface area contributed by atoms with Gasteiger partial charge in [-0.1, -0.05) is 26.0 Å². The number of nitrogens with two attached hydrogens (primary N) is 1. The lowest BCUT2D eigenvalue weighted by Crippen LogP contribution is -2.41. The zero-order chi connectivity index (χ0) is 16.9. The number of amides is 1. The summed E-state index contributed by atoms with van der Waals surface area (Å²) in [6, 6.07) is 9.53. The van der Waals surface area contributed by atoms with Gasteiger partial charge in [0.15, 0.2) is 0 Å². The van der Waals surface area contributed by atoms with Crippen molar-refractivity contribution >= 4 is 11.6 Å². The largest absolute Gasteiger partial charge is 0.329 e. The minimum atomic E-state index is -0.512. The van der Waals surface area contributed by atoms with Crippen LogP contribution in [0.2, 0.25) is 0 Å². The number of rotatable bonds is 6. The van der Waals surface area contributed by atoms with E-state index in [1.165, 1.54) is 0 Å². The van der Waals surface area contributed by atoms with Gasteiger partial charge in [-0.25, -0.2) is 9.97 Å². The van der Waals surface area contributed by atoms with Gasteiger partial charge in [0.25, 0.3) is 0 Å². The molecule has 0 aliphatic heterocycles. The Morgan fingerprint density at radius 2 is 2.00 bits per heavy atom. The molecule has 2 aromatic rings. The molecule has 0 fully saturated rings. The number of aryl methyl sites for hydroxylation is 1. The Labute approximate surface area is 137 Å². The van der Waals surface area contributed by atoms with Crippen LogP contribution < -0.4 is 11.1 Å². The van der Waals surface area contributed by atoms with Gasteiger partial charge in [0.05, 0.1) is 11.1 Å². The highest BCUT2D eigenvalue weighted by Crippen LogP contribution is 2.28. The minimum Gasteiger partial charge on any atom is -0.329 e. The molecule has 0 aliphatic carbocycles. The highest BCUT2D eigenvalue weighted by molar-refractivity contribution is 5.96. The van der Waals surface area contributed by atoms with Crippen molar-refractivity contribution in [1.82, 2.24) is 9.97 Å². The van der Waals surface area contributed by atoms with Crippen LogP contribution in [0, 0.1) is 12.3 Å². The van der Waals surface area contributed by atoms with Crippen LogP contribution in [0.3, 0.4) is 0 Å². The summed E-state index contributed by atoms with van der Waals surface area (Å²) in [5, 5.41) is 3.00. The van der Waals surface area contributed by atoms with Crippen LogP contribution in [-0.4, -0.2) is 22.4 Å². The van der Waals surface area contributed by atoms with Crippen molar-refractivity contribution in [3.05, 3.63) is 42.4 Å². The first-order valence-electron chi connectivity index (χ1n) is 7.96. The predicted molar refractivity (Wildman–Crippen MR) is 92.9 cm³/mol. The van der Waals surface area contributed by atoms with Crippen molar-refractivity contribution in [2.75, 3.05) is 11.9 Å². The third-order valence-corrected chi connectivity index (χ3v) is 4.42. The van der Waals surface area contributed by atoms with Gasteiger partial charge in [-0.3, -0.25) is 4.79 Å². The van der Waals surface area contributed by atoms with Crippen molar-refractivity contribution in [3.8, 4) is 11.3 Å². The molecular formula is C18H24N4O. The van der Waals surface area contributed by atoms with E-state index in [0.717, 1.165) is 35.6 Å². The molecule has 0 bridgehead atoms. The van der Waals surface area contributed by atoms with Crippen molar-refractivity contribution in [3.63, 3.8) is 0 Å². The Kier molecular flexibility index (Phi) is 5.45. The number of anilines is 1. The second-order valence-corrected chi connectivity index (χ2v) is 5.72. The van der Waals surface area contributed by atoms with E-state index in [2.05, 4.69) is 15.3 Å². The lowest BCUT2D eigenvalue weighted by atomic mass is 9.81. The summed E-state index contributed by atoms with van der Waals surface area (Å²) >= 11 is 0. The molecule has 0 saturated carbocycles. The highest BCUT2D eigenvalue weighted by atomic mass is 16.2. The molecule has 0 spiro atoms. The zero-order valence-corrected chi connectivity index (χ0v) is 14.0. The van der Waals surface area contributed by atoms with Crippen LogP contribution in [0.5, 0.6) is 0 Å². The molecule has 23 heavy (non-hydrogen) atoms. The van der Waals surface area contributed by atoms with Gasteiger partial charge in [0, 0.05) is 24.0 Å². The van der Waals surface area contributed by atoms with Crippen LogP contribution in [-0.2, 0) is 4.79 Å².